The molecule has 1 N–H and O–H groups in total. The predicted molar refractivity (Wildman–Crippen MR) is 109 cm³/mol. The molecule has 28 heavy (non-hydrogen) atoms. The van der Waals surface area contributed by atoms with Gasteiger partial charge in [0.05, 0.1) is 10.5 Å². The molecule has 0 aromatic heterocycles. The van der Waals surface area contributed by atoms with Crippen LogP contribution in [-0.2, 0) is 6.42 Å². The number of nitrogens with one attached hydrogen (secondary N) is 1. The summed E-state index contributed by atoms with van der Waals surface area (Å²) in [5, 5.41) is 14.6. The molecular formula is C22H19N3O3. The van der Waals surface area contributed by atoms with Crippen molar-refractivity contribution in [3.05, 3.63) is 99.6 Å². The highest BCUT2D eigenvalue weighted by atomic mass is 16.6. The molecule has 3 aromatic carbocycles. The van der Waals surface area contributed by atoms with Gasteiger partial charge in [0.15, 0.2) is 0 Å². The molecule has 4 rings (SSSR count). The molecule has 1 amide bonds. The number of rotatable bonds is 4. The number of non-ortho nitro benzene ring substituents is 1. The molecule has 1 atom stereocenters. The number of carbonyl (C=O) groups excluding carboxylic acids is 1. The molecule has 0 bridgehead atoms. The lowest BCUT2D eigenvalue weighted by atomic mass is 10.0. The fourth-order valence-electron chi connectivity index (χ4n) is 3.45. The molecule has 1 heterocycles. The van der Waals surface area contributed by atoms with Gasteiger partial charge in [-0.3, -0.25) is 19.8 Å². The number of hydrogen-bond donors (Lipinski definition) is 1. The first-order chi connectivity index (χ1) is 13.6. The Balaban J connectivity index is 1.84. The molecule has 0 saturated carbocycles. The van der Waals surface area contributed by atoms with Gasteiger partial charge < -0.3 is 5.32 Å². The van der Waals surface area contributed by atoms with Crippen LogP contribution in [0.5, 0.6) is 0 Å². The molecule has 0 unspecified atom stereocenters. The minimum atomic E-state index is -0.547. The van der Waals surface area contributed by atoms with Gasteiger partial charge in [-0.05, 0) is 36.2 Å². The van der Waals surface area contributed by atoms with Crippen LogP contribution in [0.25, 0.3) is 0 Å². The van der Waals surface area contributed by atoms with E-state index in [-0.39, 0.29) is 11.6 Å². The molecule has 1 aliphatic heterocycles. The van der Waals surface area contributed by atoms with E-state index in [4.69, 9.17) is 0 Å². The van der Waals surface area contributed by atoms with E-state index >= 15 is 0 Å². The zero-order chi connectivity index (χ0) is 19.7. The number of nitro groups is 1. The van der Waals surface area contributed by atoms with E-state index in [9.17, 15) is 14.9 Å². The monoisotopic (exact) mass is 373 g/mol. The van der Waals surface area contributed by atoms with Crippen molar-refractivity contribution in [2.75, 3.05) is 10.2 Å². The molecule has 140 valence electrons. The van der Waals surface area contributed by atoms with Crippen LogP contribution in [0.2, 0.25) is 0 Å². The Bertz CT molecular complexity index is 1050. The van der Waals surface area contributed by atoms with Gasteiger partial charge in [-0.1, -0.05) is 43.3 Å². The standard InChI is InChI=1S/C22H19N3O3/c1-2-15-10-12-17(13-11-15)24-21(16-6-5-7-18(14-16)25(27)28)23-20-9-4-3-8-19(20)22(24)26/h3-14,21,23H,2H2,1H3/t21-/m0/s1. The Morgan fingerprint density at radius 1 is 1.04 bits per heavy atom. The fraction of sp³-hybridized carbons (Fsp3) is 0.136. The zero-order valence-electron chi connectivity index (χ0n) is 15.3. The van der Waals surface area contributed by atoms with Crippen LogP contribution in [0.1, 0.15) is 34.6 Å². The minimum Gasteiger partial charge on any atom is -0.360 e. The lowest BCUT2D eigenvalue weighted by molar-refractivity contribution is -0.384. The average molecular weight is 373 g/mol. The van der Waals surface area contributed by atoms with Gasteiger partial charge in [-0.25, -0.2) is 0 Å². The first kappa shape index (κ1) is 17.7. The summed E-state index contributed by atoms with van der Waals surface area (Å²) in [7, 11) is 0. The van der Waals surface area contributed by atoms with Crippen molar-refractivity contribution in [2.45, 2.75) is 19.5 Å². The van der Waals surface area contributed by atoms with Gasteiger partial charge in [0.2, 0.25) is 0 Å². The van der Waals surface area contributed by atoms with E-state index < -0.39 is 11.1 Å². The van der Waals surface area contributed by atoms with Gasteiger partial charge in [0, 0.05) is 29.1 Å². The number of para-hydroxylation sites is 1. The first-order valence-electron chi connectivity index (χ1n) is 9.11. The summed E-state index contributed by atoms with van der Waals surface area (Å²) in [6.45, 7) is 2.07. The van der Waals surface area contributed by atoms with Crippen molar-refractivity contribution in [3.8, 4) is 0 Å². The van der Waals surface area contributed by atoms with Gasteiger partial charge in [-0.2, -0.15) is 0 Å². The van der Waals surface area contributed by atoms with Crippen molar-refractivity contribution in [1.82, 2.24) is 0 Å². The van der Waals surface area contributed by atoms with Crippen LogP contribution >= 0.6 is 0 Å². The number of benzene rings is 3. The summed E-state index contributed by atoms with van der Waals surface area (Å²) in [6.07, 6.45) is 0.360. The van der Waals surface area contributed by atoms with Crippen molar-refractivity contribution in [2.24, 2.45) is 0 Å². The van der Waals surface area contributed by atoms with Crippen molar-refractivity contribution in [1.29, 1.82) is 0 Å². The number of aryl methyl sites for hydroxylation is 1. The van der Waals surface area contributed by atoms with Gasteiger partial charge in [0.1, 0.15) is 6.17 Å². The van der Waals surface area contributed by atoms with Crippen molar-refractivity contribution < 1.29 is 9.72 Å². The Morgan fingerprint density at radius 3 is 2.50 bits per heavy atom. The molecule has 6 heteroatoms. The van der Waals surface area contributed by atoms with Crippen LogP contribution in [0.15, 0.2) is 72.8 Å². The summed E-state index contributed by atoms with van der Waals surface area (Å²) in [4.78, 5) is 25.8. The number of hydrogen-bond acceptors (Lipinski definition) is 4. The second kappa shape index (κ2) is 7.15. The summed E-state index contributed by atoms with van der Waals surface area (Å²) in [5.74, 6) is -0.143. The van der Waals surface area contributed by atoms with Gasteiger partial charge in [0.25, 0.3) is 11.6 Å². The van der Waals surface area contributed by atoms with E-state index in [0.29, 0.717) is 16.8 Å². The SMILES string of the molecule is CCc1ccc(N2C(=O)c3ccccc3N[C@@H]2c2cccc([N+](=O)[O-])c2)cc1. The highest BCUT2D eigenvalue weighted by Gasteiger charge is 2.34. The quantitative estimate of drug-likeness (QED) is 0.520. The Hall–Kier alpha value is -3.67. The topological polar surface area (TPSA) is 75.5 Å². The van der Waals surface area contributed by atoms with Crippen LogP contribution < -0.4 is 10.2 Å². The molecule has 0 aliphatic carbocycles. The maximum atomic E-state index is 13.3. The lowest BCUT2D eigenvalue weighted by Gasteiger charge is -2.38. The van der Waals surface area contributed by atoms with Crippen LogP contribution in [0.4, 0.5) is 17.1 Å². The number of anilines is 2. The second-order valence-corrected chi connectivity index (χ2v) is 6.64. The second-order valence-electron chi connectivity index (χ2n) is 6.64. The number of nitro benzene ring substituents is 1. The molecule has 0 spiro atoms. The summed E-state index contributed by atoms with van der Waals surface area (Å²) in [6, 6.07) is 21.5. The summed E-state index contributed by atoms with van der Waals surface area (Å²) >= 11 is 0. The average Bonchev–Trinajstić information content (AvgIpc) is 2.74. The number of carbonyl (C=O) groups is 1. The highest BCUT2D eigenvalue weighted by Crippen LogP contribution is 2.37. The number of amides is 1. The maximum Gasteiger partial charge on any atom is 0.269 e. The number of fused-ring (bicyclic) bond motifs is 1. The summed E-state index contributed by atoms with van der Waals surface area (Å²) in [5.41, 5.74) is 3.84. The molecule has 0 fully saturated rings. The van der Waals surface area contributed by atoms with Crippen LogP contribution in [0.3, 0.4) is 0 Å². The molecular weight excluding hydrogens is 354 g/mol. The predicted octanol–water partition coefficient (Wildman–Crippen LogP) is 4.93. The molecule has 3 aromatic rings. The molecule has 6 nitrogen and oxygen atoms in total. The normalized spacial score (nSPS) is 15.7. The van der Waals surface area contributed by atoms with E-state index in [1.54, 1.807) is 23.1 Å². The number of nitrogens with zero attached hydrogens (tertiary/aromatic N) is 2. The maximum absolute atomic E-state index is 13.3. The van der Waals surface area contributed by atoms with Crippen molar-refractivity contribution in [3.63, 3.8) is 0 Å². The minimum absolute atomic E-state index is 0.00751. The molecule has 1 aliphatic rings. The highest BCUT2D eigenvalue weighted by molar-refractivity contribution is 6.12. The summed E-state index contributed by atoms with van der Waals surface area (Å²) < 4.78 is 0. The van der Waals surface area contributed by atoms with E-state index in [0.717, 1.165) is 12.1 Å². The van der Waals surface area contributed by atoms with E-state index in [1.165, 1.54) is 17.7 Å². The zero-order valence-corrected chi connectivity index (χ0v) is 15.3. The molecule has 0 radical (unpaired) electrons. The Kier molecular flexibility index (Phi) is 4.53. The van der Waals surface area contributed by atoms with Crippen LogP contribution in [-0.4, -0.2) is 10.8 Å². The van der Waals surface area contributed by atoms with Crippen molar-refractivity contribution >= 4 is 23.0 Å². The van der Waals surface area contributed by atoms with Gasteiger partial charge in [-0.15, -0.1) is 0 Å². The fourth-order valence-corrected chi connectivity index (χ4v) is 3.45. The third-order valence-electron chi connectivity index (χ3n) is 4.95. The Morgan fingerprint density at radius 2 is 1.79 bits per heavy atom. The van der Waals surface area contributed by atoms with E-state index in [1.807, 2.05) is 42.5 Å². The van der Waals surface area contributed by atoms with Crippen LogP contribution in [0, 0.1) is 10.1 Å². The first-order valence-corrected chi connectivity index (χ1v) is 9.11. The Labute approximate surface area is 162 Å². The third-order valence-corrected chi connectivity index (χ3v) is 4.95. The smallest absolute Gasteiger partial charge is 0.269 e. The van der Waals surface area contributed by atoms with E-state index in [2.05, 4.69) is 12.2 Å². The lowest BCUT2D eigenvalue weighted by Crippen LogP contribution is -2.43. The molecule has 0 saturated heterocycles. The van der Waals surface area contributed by atoms with Gasteiger partial charge >= 0.3 is 0 Å². The largest absolute Gasteiger partial charge is 0.360 e. The third kappa shape index (κ3) is 3.09.